The van der Waals surface area contributed by atoms with E-state index in [1.165, 1.54) is 15.3 Å². The molecule has 0 bridgehead atoms. The second kappa shape index (κ2) is 12.4. The van der Waals surface area contributed by atoms with E-state index in [9.17, 15) is 4.79 Å². The zero-order valence-electron chi connectivity index (χ0n) is 18.4. The van der Waals surface area contributed by atoms with Gasteiger partial charge in [-0.05, 0) is 65.9 Å². The number of hydrazone groups is 1. The maximum absolute atomic E-state index is 12.5. The number of allylic oxidation sites excluding steroid dienone is 1. The Bertz CT molecular complexity index is 1120. The molecule has 0 fully saturated rings. The van der Waals surface area contributed by atoms with Gasteiger partial charge in [0.25, 0.3) is 5.91 Å². The first-order valence-corrected chi connectivity index (χ1v) is 12.1. The van der Waals surface area contributed by atoms with Crippen molar-refractivity contribution in [3.63, 3.8) is 0 Å². The molecule has 0 saturated carbocycles. The van der Waals surface area contributed by atoms with Gasteiger partial charge in [-0.15, -0.1) is 16.8 Å². The molecule has 1 aromatic heterocycles. The lowest BCUT2D eigenvalue weighted by atomic mass is 10.2. The number of ether oxygens (including phenoxy) is 1. The average Bonchev–Trinajstić information content (AvgIpc) is 3.20. The van der Waals surface area contributed by atoms with Crippen molar-refractivity contribution in [1.29, 1.82) is 0 Å². The summed E-state index contributed by atoms with van der Waals surface area (Å²) in [5.41, 5.74) is 4.35. The fraction of sp³-hybridized carbons (Fsp3) is 0.217. The van der Waals surface area contributed by atoms with Crippen LogP contribution in [0.2, 0.25) is 0 Å². The van der Waals surface area contributed by atoms with Crippen molar-refractivity contribution in [1.82, 2.24) is 20.2 Å². The van der Waals surface area contributed by atoms with E-state index in [-0.39, 0.29) is 5.91 Å². The normalized spacial score (nSPS) is 11.8. The van der Waals surface area contributed by atoms with Crippen molar-refractivity contribution in [3.8, 4) is 5.75 Å². The summed E-state index contributed by atoms with van der Waals surface area (Å²) in [4.78, 5) is 12.5. The molecule has 1 atom stereocenters. The first-order chi connectivity index (χ1) is 16.0. The Hall–Kier alpha value is -2.86. The number of aromatic nitrogens is 3. The monoisotopic (exact) mass is 576 g/mol. The molecule has 0 aliphatic heterocycles. The van der Waals surface area contributed by atoms with Gasteiger partial charge >= 0.3 is 0 Å². The van der Waals surface area contributed by atoms with Gasteiger partial charge in [0.15, 0.2) is 11.0 Å². The Kier molecular flexibility index (Phi) is 9.31. The van der Waals surface area contributed by atoms with E-state index in [1.807, 2.05) is 53.1 Å². The van der Waals surface area contributed by atoms with Crippen LogP contribution in [0, 0.1) is 3.57 Å². The molecule has 0 unspecified atom stereocenters. The minimum Gasteiger partial charge on any atom is -0.496 e. The maximum Gasteiger partial charge on any atom is 0.253 e. The van der Waals surface area contributed by atoms with E-state index < -0.39 is 5.25 Å². The van der Waals surface area contributed by atoms with E-state index in [4.69, 9.17) is 4.74 Å². The Balaban J connectivity index is 1.61. The van der Waals surface area contributed by atoms with Gasteiger partial charge in [-0.2, -0.15) is 5.10 Å². The quantitative estimate of drug-likeness (QED) is 0.116. The van der Waals surface area contributed by atoms with E-state index >= 15 is 0 Å². The van der Waals surface area contributed by atoms with E-state index in [0.717, 1.165) is 17.1 Å². The Labute approximate surface area is 211 Å². The van der Waals surface area contributed by atoms with Crippen molar-refractivity contribution in [3.05, 3.63) is 76.1 Å². The molecule has 2 aromatic carbocycles. The number of hydrogen-bond donors (Lipinski definition) is 2. The molecule has 0 spiro atoms. The smallest absolute Gasteiger partial charge is 0.253 e. The molecular formula is C23H25IN6O2S. The summed E-state index contributed by atoms with van der Waals surface area (Å²) in [5.74, 6) is 1.21. The fourth-order valence-electron chi connectivity index (χ4n) is 2.84. The largest absolute Gasteiger partial charge is 0.496 e. The summed E-state index contributed by atoms with van der Waals surface area (Å²) in [6.45, 7) is 6.68. The van der Waals surface area contributed by atoms with Crippen LogP contribution in [0.1, 0.15) is 18.3 Å². The molecule has 2 N–H and O–H groups in total. The Morgan fingerprint density at radius 3 is 2.76 bits per heavy atom. The molecule has 10 heteroatoms. The summed E-state index contributed by atoms with van der Waals surface area (Å²) in [6.07, 6.45) is 3.34. The first-order valence-electron chi connectivity index (χ1n) is 10.2. The number of nitrogens with zero attached hydrogens (tertiary/aromatic N) is 4. The highest BCUT2D eigenvalue weighted by Gasteiger charge is 2.19. The van der Waals surface area contributed by atoms with Gasteiger partial charge in [0.1, 0.15) is 5.75 Å². The van der Waals surface area contributed by atoms with Gasteiger partial charge < -0.3 is 14.6 Å². The van der Waals surface area contributed by atoms with Crippen molar-refractivity contribution >= 4 is 52.2 Å². The van der Waals surface area contributed by atoms with Gasteiger partial charge in [-0.3, -0.25) is 4.79 Å². The molecule has 3 aromatic rings. The fourth-order valence-corrected chi connectivity index (χ4v) is 4.07. The second-order valence-electron chi connectivity index (χ2n) is 6.89. The van der Waals surface area contributed by atoms with Crippen LogP contribution in [0.4, 0.5) is 5.69 Å². The molecule has 0 aliphatic rings. The highest BCUT2D eigenvalue weighted by molar-refractivity contribution is 14.1. The Morgan fingerprint density at radius 2 is 2.03 bits per heavy atom. The number of methoxy groups -OCH3 is 1. The molecule has 0 saturated heterocycles. The van der Waals surface area contributed by atoms with Gasteiger partial charge in [0.05, 0.1) is 25.1 Å². The van der Waals surface area contributed by atoms with Gasteiger partial charge in [-0.25, -0.2) is 5.43 Å². The van der Waals surface area contributed by atoms with Crippen LogP contribution in [0.15, 0.2) is 71.4 Å². The minimum absolute atomic E-state index is 0.238. The van der Waals surface area contributed by atoms with Crippen LogP contribution in [0.25, 0.3) is 0 Å². The van der Waals surface area contributed by atoms with Gasteiger partial charge in [0, 0.05) is 21.4 Å². The van der Waals surface area contributed by atoms with E-state index in [1.54, 1.807) is 26.3 Å². The Morgan fingerprint density at radius 1 is 1.27 bits per heavy atom. The highest BCUT2D eigenvalue weighted by atomic mass is 127. The molecule has 0 aliphatic carbocycles. The lowest BCUT2D eigenvalue weighted by Gasteiger charge is -2.12. The molecule has 1 heterocycles. The minimum atomic E-state index is -0.426. The van der Waals surface area contributed by atoms with Crippen LogP contribution in [-0.4, -0.2) is 39.2 Å². The number of amides is 1. The summed E-state index contributed by atoms with van der Waals surface area (Å²) in [6, 6.07) is 15.5. The summed E-state index contributed by atoms with van der Waals surface area (Å²) < 4.78 is 8.40. The number of carbonyl (C=O) groups is 1. The van der Waals surface area contributed by atoms with Crippen molar-refractivity contribution in [2.24, 2.45) is 5.10 Å². The number of thioether (sulfide) groups is 1. The third kappa shape index (κ3) is 7.06. The SMILES string of the molecule is C=CCn1c(CNc2ccc(I)cc2)nnc1S[C@H](C)C(=O)N/N=C\c1ccccc1OC. The third-order valence-electron chi connectivity index (χ3n) is 4.57. The van der Waals surface area contributed by atoms with Crippen LogP contribution in [0.3, 0.4) is 0 Å². The number of nitrogens with one attached hydrogen (secondary N) is 2. The summed E-state index contributed by atoms with van der Waals surface area (Å²) >= 11 is 3.59. The number of benzene rings is 2. The lowest BCUT2D eigenvalue weighted by Crippen LogP contribution is -2.27. The number of anilines is 1. The average molecular weight is 576 g/mol. The van der Waals surface area contributed by atoms with Crippen molar-refractivity contribution in [2.45, 2.75) is 30.4 Å². The van der Waals surface area contributed by atoms with E-state index in [0.29, 0.717) is 24.0 Å². The molecule has 0 radical (unpaired) electrons. The highest BCUT2D eigenvalue weighted by Crippen LogP contribution is 2.23. The predicted molar refractivity (Wildman–Crippen MR) is 141 cm³/mol. The molecule has 8 nitrogen and oxygen atoms in total. The number of carbonyl (C=O) groups excluding carboxylic acids is 1. The van der Waals surface area contributed by atoms with Crippen LogP contribution >= 0.6 is 34.4 Å². The molecule has 3 rings (SSSR count). The number of hydrogen-bond acceptors (Lipinski definition) is 7. The number of rotatable bonds is 11. The number of para-hydroxylation sites is 1. The lowest BCUT2D eigenvalue weighted by molar-refractivity contribution is -0.120. The maximum atomic E-state index is 12.5. The predicted octanol–water partition coefficient (Wildman–Crippen LogP) is 4.32. The van der Waals surface area contributed by atoms with E-state index in [2.05, 4.69) is 55.2 Å². The summed E-state index contributed by atoms with van der Waals surface area (Å²) in [7, 11) is 1.59. The zero-order valence-corrected chi connectivity index (χ0v) is 21.3. The molecular weight excluding hydrogens is 551 g/mol. The van der Waals surface area contributed by atoms with Gasteiger partial charge in [0.2, 0.25) is 0 Å². The van der Waals surface area contributed by atoms with Crippen molar-refractivity contribution < 1.29 is 9.53 Å². The van der Waals surface area contributed by atoms with Crippen LogP contribution in [0.5, 0.6) is 5.75 Å². The van der Waals surface area contributed by atoms with Crippen molar-refractivity contribution in [2.75, 3.05) is 12.4 Å². The van der Waals surface area contributed by atoms with Crippen LogP contribution < -0.4 is 15.5 Å². The second-order valence-corrected chi connectivity index (χ2v) is 9.45. The third-order valence-corrected chi connectivity index (χ3v) is 6.37. The van der Waals surface area contributed by atoms with Crippen LogP contribution in [-0.2, 0) is 17.9 Å². The molecule has 172 valence electrons. The number of halogens is 1. The topological polar surface area (TPSA) is 93.4 Å². The standard InChI is InChI=1S/C23H25IN6O2S/c1-4-13-30-21(15-25-19-11-9-18(24)10-12-19)27-29-23(30)33-16(2)22(31)28-26-14-17-7-5-6-8-20(17)32-3/h4-12,14,16,25H,1,13,15H2,2-3H3,(H,28,31)/b26-14-/t16-/m1/s1. The first kappa shape index (κ1) is 24.8. The molecule has 1 amide bonds. The van der Waals surface area contributed by atoms with Gasteiger partial charge in [-0.1, -0.05) is 30.0 Å². The summed E-state index contributed by atoms with van der Waals surface area (Å²) in [5, 5.41) is 16.2. The zero-order chi connectivity index (χ0) is 23.6. The molecule has 33 heavy (non-hydrogen) atoms.